The Hall–Kier alpha value is -1.52. The Labute approximate surface area is 125 Å². The predicted molar refractivity (Wildman–Crippen MR) is 79.8 cm³/mol. The molecule has 0 aromatic heterocycles. The van der Waals surface area contributed by atoms with Gasteiger partial charge in [0, 0.05) is 18.5 Å². The second-order valence-corrected chi connectivity index (χ2v) is 6.43. The number of hydrogen-bond acceptors (Lipinski definition) is 4. The minimum atomic E-state index is -0.412. The van der Waals surface area contributed by atoms with Gasteiger partial charge in [0.25, 0.3) is 0 Å². The third kappa shape index (κ3) is 1.75. The van der Waals surface area contributed by atoms with E-state index in [0.717, 1.165) is 31.0 Å². The third-order valence-electron chi connectivity index (χ3n) is 5.15. The molecular formula is C17H21NO3. The van der Waals surface area contributed by atoms with E-state index in [9.17, 15) is 5.11 Å². The minimum absolute atomic E-state index is 0.00838. The van der Waals surface area contributed by atoms with Crippen LogP contribution < -0.4 is 9.47 Å². The van der Waals surface area contributed by atoms with Gasteiger partial charge in [0.15, 0.2) is 11.5 Å². The summed E-state index contributed by atoms with van der Waals surface area (Å²) >= 11 is 0. The molecule has 0 radical (unpaired) electrons. The first-order chi connectivity index (χ1) is 10.1. The van der Waals surface area contributed by atoms with Crippen molar-refractivity contribution in [2.45, 2.75) is 37.0 Å². The number of aliphatic hydroxyl groups excluding tert-OH is 1. The fraction of sp³-hybridized carbons (Fsp3) is 0.529. The van der Waals surface area contributed by atoms with Gasteiger partial charge in [-0.25, -0.2) is 0 Å². The number of ether oxygens (including phenoxy) is 2. The maximum Gasteiger partial charge on any atom is 0.166 e. The molecule has 1 N–H and O–H groups in total. The highest BCUT2D eigenvalue weighted by molar-refractivity contribution is 5.60. The van der Waals surface area contributed by atoms with Gasteiger partial charge in [0.2, 0.25) is 0 Å². The van der Waals surface area contributed by atoms with Crippen LogP contribution in [0.5, 0.6) is 11.5 Å². The van der Waals surface area contributed by atoms with Crippen LogP contribution in [0.25, 0.3) is 0 Å². The van der Waals surface area contributed by atoms with E-state index < -0.39 is 6.10 Å². The van der Waals surface area contributed by atoms with Gasteiger partial charge < -0.3 is 19.5 Å². The lowest BCUT2D eigenvalue weighted by Crippen LogP contribution is -2.42. The van der Waals surface area contributed by atoms with Crippen LogP contribution in [0.1, 0.15) is 24.0 Å². The average molecular weight is 287 g/mol. The van der Waals surface area contributed by atoms with Gasteiger partial charge in [-0.05, 0) is 31.6 Å². The molecule has 4 nitrogen and oxygen atoms in total. The zero-order valence-electron chi connectivity index (χ0n) is 12.5. The summed E-state index contributed by atoms with van der Waals surface area (Å²) in [7, 11) is 3.84. The van der Waals surface area contributed by atoms with Gasteiger partial charge in [-0.1, -0.05) is 18.2 Å². The van der Waals surface area contributed by atoms with Crippen molar-refractivity contribution < 1.29 is 14.6 Å². The summed E-state index contributed by atoms with van der Waals surface area (Å²) < 4.78 is 11.8. The third-order valence-corrected chi connectivity index (χ3v) is 5.15. The van der Waals surface area contributed by atoms with Crippen molar-refractivity contribution in [1.82, 2.24) is 4.90 Å². The molecule has 4 heteroatoms. The Morgan fingerprint density at radius 1 is 1.43 bits per heavy atom. The molecule has 21 heavy (non-hydrogen) atoms. The van der Waals surface area contributed by atoms with E-state index in [1.807, 2.05) is 12.1 Å². The van der Waals surface area contributed by atoms with Crippen molar-refractivity contribution in [2.75, 3.05) is 20.7 Å². The van der Waals surface area contributed by atoms with Gasteiger partial charge in [-0.3, -0.25) is 0 Å². The Kier molecular flexibility index (Phi) is 2.81. The molecule has 0 amide bonds. The topological polar surface area (TPSA) is 41.9 Å². The lowest BCUT2D eigenvalue weighted by Gasteiger charge is -2.35. The fourth-order valence-corrected chi connectivity index (χ4v) is 4.08. The van der Waals surface area contributed by atoms with Crippen LogP contribution >= 0.6 is 0 Å². The Morgan fingerprint density at radius 3 is 3.10 bits per heavy atom. The first kappa shape index (κ1) is 13.2. The summed E-state index contributed by atoms with van der Waals surface area (Å²) in [6.07, 6.45) is 5.38. The Bertz CT molecular complexity index is 612. The highest BCUT2D eigenvalue weighted by atomic mass is 16.5. The summed E-state index contributed by atoms with van der Waals surface area (Å²) in [6.45, 7) is 1.96. The van der Waals surface area contributed by atoms with Crippen molar-refractivity contribution in [1.29, 1.82) is 0 Å². The van der Waals surface area contributed by atoms with E-state index >= 15 is 0 Å². The largest absolute Gasteiger partial charge is 0.493 e. The monoisotopic (exact) mass is 287 g/mol. The molecule has 0 fully saturated rings. The molecule has 4 rings (SSSR count). The van der Waals surface area contributed by atoms with Crippen molar-refractivity contribution in [3.63, 3.8) is 0 Å². The van der Waals surface area contributed by atoms with E-state index in [2.05, 4.69) is 24.1 Å². The summed E-state index contributed by atoms with van der Waals surface area (Å²) in [5, 5.41) is 9.97. The molecule has 2 aliphatic heterocycles. The predicted octanol–water partition coefficient (Wildman–Crippen LogP) is 1.85. The average Bonchev–Trinajstić information content (AvgIpc) is 2.72. The van der Waals surface area contributed by atoms with Crippen LogP contribution in [0, 0.1) is 0 Å². The molecule has 0 bridgehead atoms. The number of nitrogens with zero attached hydrogens (tertiary/aromatic N) is 1. The van der Waals surface area contributed by atoms with E-state index in [-0.39, 0.29) is 11.5 Å². The molecule has 0 saturated carbocycles. The van der Waals surface area contributed by atoms with Crippen LogP contribution in [0.2, 0.25) is 0 Å². The summed E-state index contributed by atoms with van der Waals surface area (Å²) in [5.74, 6) is 1.68. The minimum Gasteiger partial charge on any atom is -0.493 e. The molecule has 1 unspecified atom stereocenters. The molecule has 1 spiro atoms. The molecular weight excluding hydrogens is 266 g/mol. The maximum atomic E-state index is 9.97. The molecule has 1 aromatic rings. The summed E-state index contributed by atoms with van der Waals surface area (Å²) in [5.41, 5.74) is 2.48. The van der Waals surface area contributed by atoms with Crippen molar-refractivity contribution in [2.24, 2.45) is 0 Å². The molecule has 3 aliphatic rings. The van der Waals surface area contributed by atoms with E-state index in [1.54, 1.807) is 7.11 Å². The highest BCUT2D eigenvalue weighted by Gasteiger charge is 2.52. The van der Waals surface area contributed by atoms with Gasteiger partial charge in [0.1, 0.15) is 6.10 Å². The van der Waals surface area contributed by atoms with Gasteiger partial charge >= 0.3 is 0 Å². The lowest BCUT2D eigenvalue weighted by atomic mass is 9.69. The Balaban J connectivity index is 1.95. The number of aliphatic hydroxyl groups is 1. The van der Waals surface area contributed by atoms with Crippen LogP contribution in [0.15, 0.2) is 24.3 Å². The first-order valence-electron chi connectivity index (χ1n) is 7.57. The molecule has 2 heterocycles. The standard InChI is InChI=1S/C17H21NO3/c1-18-8-7-17-6-5-12(19)9-14(17)21-16-13(20-2)4-3-11(10-18)15(16)17/h3-6,12,14,19H,7-10H2,1-2H3/t12-,14?,17-/m0/s1. The summed E-state index contributed by atoms with van der Waals surface area (Å²) in [6, 6.07) is 4.16. The Morgan fingerprint density at radius 2 is 2.29 bits per heavy atom. The number of benzene rings is 1. The molecule has 0 saturated heterocycles. The molecule has 3 atom stereocenters. The maximum absolute atomic E-state index is 9.97. The number of methoxy groups -OCH3 is 1. The zero-order valence-corrected chi connectivity index (χ0v) is 12.5. The molecule has 112 valence electrons. The van der Waals surface area contributed by atoms with Crippen LogP contribution in [0.3, 0.4) is 0 Å². The SMILES string of the molecule is COc1ccc2c3c1OC1C[C@@H](O)C=C[C@@]31CCN(C)C2. The van der Waals surface area contributed by atoms with Crippen LogP contribution in [-0.4, -0.2) is 42.9 Å². The first-order valence-corrected chi connectivity index (χ1v) is 7.57. The molecule has 1 aromatic carbocycles. The van der Waals surface area contributed by atoms with Crippen molar-refractivity contribution in [3.8, 4) is 11.5 Å². The second kappa shape index (κ2) is 4.49. The normalized spacial score (nSPS) is 33.9. The number of rotatable bonds is 1. The van der Waals surface area contributed by atoms with Crippen LogP contribution in [-0.2, 0) is 12.0 Å². The lowest BCUT2D eigenvalue weighted by molar-refractivity contribution is 0.0821. The second-order valence-electron chi connectivity index (χ2n) is 6.43. The van der Waals surface area contributed by atoms with Crippen molar-refractivity contribution >= 4 is 0 Å². The van der Waals surface area contributed by atoms with Gasteiger partial charge in [0.05, 0.1) is 18.6 Å². The smallest absolute Gasteiger partial charge is 0.166 e. The zero-order chi connectivity index (χ0) is 14.6. The van der Waals surface area contributed by atoms with Gasteiger partial charge in [-0.2, -0.15) is 0 Å². The van der Waals surface area contributed by atoms with E-state index in [0.29, 0.717) is 6.42 Å². The van der Waals surface area contributed by atoms with E-state index in [4.69, 9.17) is 9.47 Å². The quantitative estimate of drug-likeness (QED) is 0.801. The van der Waals surface area contributed by atoms with Gasteiger partial charge in [-0.15, -0.1) is 0 Å². The molecule has 1 aliphatic carbocycles. The summed E-state index contributed by atoms with van der Waals surface area (Å²) in [4.78, 5) is 2.35. The van der Waals surface area contributed by atoms with Crippen molar-refractivity contribution in [3.05, 3.63) is 35.4 Å². The fourth-order valence-electron chi connectivity index (χ4n) is 4.08. The highest BCUT2D eigenvalue weighted by Crippen LogP contribution is 2.55. The number of hydrogen-bond donors (Lipinski definition) is 1. The van der Waals surface area contributed by atoms with E-state index in [1.165, 1.54) is 11.1 Å². The van der Waals surface area contributed by atoms with Crippen LogP contribution in [0.4, 0.5) is 0 Å².